The number of amides is 2. The second-order valence-electron chi connectivity index (χ2n) is 5.89. The quantitative estimate of drug-likeness (QED) is 0.713. The van der Waals surface area contributed by atoms with Crippen molar-refractivity contribution in [1.29, 1.82) is 0 Å². The molecule has 3 aromatic rings. The number of rotatable bonds is 4. The molecular weight excluding hydrogens is 328 g/mol. The first-order valence-corrected chi connectivity index (χ1v) is 8.17. The SMILES string of the molecule is COc1ccccc1C1=C(Nc2cccc3ccccc23)C(=O)NC1=O. The first-order valence-electron chi connectivity index (χ1n) is 8.17. The fourth-order valence-electron chi connectivity index (χ4n) is 3.15. The van der Waals surface area contributed by atoms with E-state index in [0.717, 1.165) is 16.5 Å². The van der Waals surface area contributed by atoms with Gasteiger partial charge >= 0.3 is 0 Å². The van der Waals surface area contributed by atoms with E-state index in [2.05, 4.69) is 10.6 Å². The van der Waals surface area contributed by atoms with Gasteiger partial charge in [0.15, 0.2) is 0 Å². The summed E-state index contributed by atoms with van der Waals surface area (Å²) in [6, 6.07) is 20.8. The number of para-hydroxylation sites is 1. The minimum atomic E-state index is -0.455. The molecule has 1 aliphatic rings. The number of nitrogens with one attached hydrogen (secondary N) is 2. The van der Waals surface area contributed by atoms with Gasteiger partial charge in [-0.15, -0.1) is 0 Å². The van der Waals surface area contributed by atoms with E-state index < -0.39 is 11.8 Å². The molecule has 2 amide bonds. The Morgan fingerprint density at radius 2 is 1.58 bits per heavy atom. The highest BCUT2D eigenvalue weighted by Gasteiger charge is 2.33. The van der Waals surface area contributed by atoms with Crippen molar-refractivity contribution in [3.63, 3.8) is 0 Å². The number of hydrogen-bond acceptors (Lipinski definition) is 4. The standard InChI is InChI=1S/C21H16N2O3/c1-26-17-12-5-4-10-15(17)18-19(21(25)23-20(18)24)22-16-11-6-8-13-7-2-3-9-14(13)16/h2-12H,1H3,(H2,22,23,24,25). The molecule has 0 fully saturated rings. The molecular formula is C21H16N2O3. The molecule has 0 bridgehead atoms. The summed E-state index contributed by atoms with van der Waals surface area (Å²) in [5.74, 6) is -0.365. The van der Waals surface area contributed by atoms with Crippen LogP contribution in [0, 0.1) is 0 Å². The van der Waals surface area contributed by atoms with Crippen molar-refractivity contribution in [3.05, 3.63) is 78.0 Å². The molecule has 5 nitrogen and oxygen atoms in total. The zero-order valence-corrected chi connectivity index (χ0v) is 14.1. The number of fused-ring (bicyclic) bond motifs is 1. The lowest BCUT2D eigenvalue weighted by Crippen LogP contribution is -2.24. The van der Waals surface area contributed by atoms with Gasteiger partial charge in [-0.05, 0) is 17.5 Å². The second kappa shape index (κ2) is 6.37. The molecule has 3 aromatic carbocycles. The highest BCUT2D eigenvalue weighted by molar-refractivity contribution is 6.37. The number of ether oxygens (including phenoxy) is 1. The molecule has 128 valence electrons. The molecule has 2 N–H and O–H groups in total. The van der Waals surface area contributed by atoms with E-state index in [-0.39, 0.29) is 11.3 Å². The second-order valence-corrected chi connectivity index (χ2v) is 5.89. The van der Waals surface area contributed by atoms with Gasteiger partial charge in [0.05, 0.1) is 12.7 Å². The summed E-state index contributed by atoms with van der Waals surface area (Å²) in [6.07, 6.45) is 0. The Hall–Kier alpha value is -3.60. The lowest BCUT2D eigenvalue weighted by molar-refractivity contribution is -0.123. The van der Waals surface area contributed by atoms with Gasteiger partial charge in [0.1, 0.15) is 11.4 Å². The molecule has 1 heterocycles. The summed E-state index contributed by atoms with van der Waals surface area (Å²) in [6.45, 7) is 0. The van der Waals surface area contributed by atoms with Crippen molar-refractivity contribution in [1.82, 2.24) is 5.32 Å². The van der Waals surface area contributed by atoms with Crippen molar-refractivity contribution < 1.29 is 14.3 Å². The largest absolute Gasteiger partial charge is 0.496 e. The Labute approximate surface area is 150 Å². The van der Waals surface area contributed by atoms with E-state index in [1.54, 1.807) is 18.2 Å². The molecule has 0 aromatic heterocycles. The highest BCUT2D eigenvalue weighted by atomic mass is 16.5. The Balaban J connectivity index is 1.87. The van der Waals surface area contributed by atoms with Gasteiger partial charge in [0.25, 0.3) is 11.8 Å². The molecule has 26 heavy (non-hydrogen) atoms. The van der Waals surface area contributed by atoms with Crippen molar-refractivity contribution in [3.8, 4) is 5.75 Å². The Morgan fingerprint density at radius 1 is 0.846 bits per heavy atom. The van der Waals surface area contributed by atoms with Crippen LogP contribution in [0.15, 0.2) is 72.4 Å². The van der Waals surface area contributed by atoms with Crippen LogP contribution in [-0.4, -0.2) is 18.9 Å². The first-order chi connectivity index (χ1) is 12.7. The van der Waals surface area contributed by atoms with Crippen molar-refractivity contribution in [2.24, 2.45) is 0 Å². The molecule has 4 rings (SSSR count). The molecule has 5 heteroatoms. The number of imide groups is 1. The van der Waals surface area contributed by atoms with E-state index in [4.69, 9.17) is 4.74 Å². The van der Waals surface area contributed by atoms with Gasteiger partial charge in [0, 0.05) is 16.6 Å². The molecule has 0 atom stereocenters. The maximum Gasteiger partial charge on any atom is 0.275 e. The third-order valence-electron chi connectivity index (χ3n) is 4.36. The minimum Gasteiger partial charge on any atom is -0.496 e. The third kappa shape index (κ3) is 2.59. The number of hydrogen-bond donors (Lipinski definition) is 2. The molecule has 1 aliphatic heterocycles. The average Bonchev–Trinajstić information content (AvgIpc) is 2.95. The maximum atomic E-state index is 12.4. The van der Waals surface area contributed by atoms with Crippen LogP contribution in [0.25, 0.3) is 16.3 Å². The zero-order valence-electron chi connectivity index (χ0n) is 14.1. The van der Waals surface area contributed by atoms with Crippen LogP contribution in [0.4, 0.5) is 5.69 Å². The van der Waals surface area contributed by atoms with E-state index in [1.165, 1.54) is 7.11 Å². The van der Waals surface area contributed by atoms with E-state index in [0.29, 0.717) is 11.3 Å². The van der Waals surface area contributed by atoms with Crippen LogP contribution in [0.5, 0.6) is 5.75 Å². The van der Waals surface area contributed by atoms with Crippen molar-refractivity contribution in [2.45, 2.75) is 0 Å². The van der Waals surface area contributed by atoms with E-state index in [1.807, 2.05) is 48.5 Å². The normalized spacial score (nSPS) is 13.9. The summed E-state index contributed by atoms with van der Waals surface area (Å²) in [4.78, 5) is 24.8. The Morgan fingerprint density at radius 3 is 2.42 bits per heavy atom. The van der Waals surface area contributed by atoms with Gasteiger partial charge in [-0.2, -0.15) is 0 Å². The number of anilines is 1. The number of carbonyl (C=O) groups is 2. The van der Waals surface area contributed by atoms with Gasteiger partial charge in [-0.25, -0.2) is 0 Å². The summed E-state index contributed by atoms with van der Waals surface area (Å²) in [7, 11) is 1.53. The van der Waals surface area contributed by atoms with E-state index >= 15 is 0 Å². The summed E-state index contributed by atoms with van der Waals surface area (Å²) in [5, 5.41) is 7.53. The fraction of sp³-hybridized carbons (Fsp3) is 0.0476. The molecule has 0 aliphatic carbocycles. The number of benzene rings is 3. The van der Waals surface area contributed by atoms with Gasteiger partial charge < -0.3 is 10.1 Å². The van der Waals surface area contributed by atoms with Crippen LogP contribution in [-0.2, 0) is 9.59 Å². The summed E-state index contributed by atoms with van der Waals surface area (Å²) < 4.78 is 5.36. The molecule has 0 saturated heterocycles. The first kappa shape index (κ1) is 15.9. The molecule has 0 saturated carbocycles. The van der Waals surface area contributed by atoms with Crippen LogP contribution < -0.4 is 15.4 Å². The lowest BCUT2D eigenvalue weighted by Gasteiger charge is -2.12. The van der Waals surface area contributed by atoms with Crippen LogP contribution in [0.1, 0.15) is 5.56 Å². The summed E-state index contributed by atoms with van der Waals surface area (Å²) in [5.41, 5.74) is 1.83. The van der Waals surface area contributed by atoms with Gasteiger partial charge in [-0.3, -0.25) is 14.9 Å². The van der Waals surface area contributed by atoms with Crippen LogP contribution in [0.2, 0.25) is 0 Å². The minimum absolute atomic E-state index is 0.218. The zero-order chi connectivity index (χ0) is 18.1. The summed E-state index contributed by atoms with van der Waals surface area (Å²) >= 11 is 0. The third-order valence-corrected chi connectivity index (χ3v) is 4.36. The molecule has 0 spiro atoms. The van der Waals surface area contributed by atoms with Crippen LogP contribution >= 0.6 is 0 Å². The predicted octanol–water partition coefficient (Wildman–Crippen LogP) is 3.33. The van der Waals surface area contributed by atoms with Crippen molar-refractivity contribution >= 4 is 33.8 Å². The number of methoxy groups -OCH3 is 1. The Bertz CT molecular complexity index is 1060. The monoisotopic (exact) mass is 344 g/mol. The lowest BCUT2D eigenvalue weighted by atomic mass is 10.0. The smallest absolute Gasteiger partial charge is 0.275 e. The topological polar surface area (TPSA) is 67.4 Å². The van der Waals surface area contributed by atoms with E-state index in [9.17, 15) is 9.59 Å². The average molecular weight is 344 g/mol. The van der Waals surface area contributed by atoms with Gasteiger partial charge in [0.2, 0.25) is 0 Å². The fourth-order valence-corrected chi connectivity index (χ4v) is 3.15. The molecule has 0 unspecified atom stereocenters. The van der Waals surface area contributed by atoms with Crippen LogP contribution in [0.3, 0.4) is 0 Å². The maximum absolute atomic E-state index is 12.4. The predicted molar refractivity (Wildman–Crippen MR) is 101 cm³/mol. The number of carbonyl (C=O) groups excluding carboxylic acids is 2. The van der Waals surface area contributed by atoms with Gasteiger partial charge in [-0.1, -0.05) is 54.6 Å². The highest BCUT2D eigenvalue weighted by Crippen LogP contribution is 2.33. The Kier molecular flexibility index (Phi) is 3.89. The molecule has 0 radical (unpaired) electrons. The van der Waals surface area contributed by atoms with Crippen molar-refractivity contribution in [2.75, 3.05) is 12.4 Å².